The molecule has 2 aromatic rings. The lowest BCUT2D eigenvalue weighted by atomic mass is 10.2. The van der Waals surface area contributed by atoms with Crippen molar-refractivity contribution in [1.29, 1.82) is 0 Å². The molecule has 0 heterocycles. The lowest BCUT2D eigenvalue weighted by Gasteiger charge is -2.17. The van der Waals surface area contributed by atoms with Crippen LogP contribution in [0.15, 0.2) is 48.5 Å². The Labute approximate surface area is 145 Å². The first-order chi connectivity index (χ1) is 11.6. The molecule has 2 aromatic carbocycles. The minimum absolute atomic E-state index is 0.0666. The number of ether oxygens (including phenoxy) is 2. The second-order valence-electron chi connectivity index (χ2n) is 5.04. The van der Waals surface area contributed by atoms with Crippen molar-refractivity contribution >= 4 is 17.5 Å². The average molecular weight is 352 g/mol. The van der Waals surface area contributed by atoms with Crippen LogP contribution in [-0.4, -0.2) is 25.2 Å². The molecule has 0 saturated heterocycles. The van der Waals surface area contributed by atoms with Crippen molar-refractivity contribution in [2.45, 2.75) is 19.4 Å². The van der Waals surface area contributed by atoms with Gasteiger partial charge in [-0.1, -0.05) is 30.7 Å². The molecule has 0 aliphatic carbocycles. The van der Waals surface area contributed by atoms with Gasteiger partial charge in [-0.05, 0) is 42.8 Å². The van der Waals surface area contributed by atoms with Crippen LogP contribution in [0.3, 0.4) is 0 Å². The van der Waals surface area contributed by atoms with E-state index >= 15 is 0 Å². The molecule has 1 atom stereocenters. The summed E-state index contributed by atoms with van der Waals surface area (Å²) in [7, 11) is 0. The molecule has 24 heavy (non-hydrogen) atoms. The molecule has 0 aliphatic heterocycles. The Morgan fingerprint density at radius 1 is 1.21 bits per heavy atom. The second kappa shape index (κ2) is 9.13. The zero-order valence-corrected chi connectivity index (χ0v) is 14.1. The summed E-state index contributed by atoms with van der Waals surface area (Å²) in [5.74, 6) is -0.0597. The van der Waals surface area contributed by atoms with Gasteiger partial charge < -0.3 is 14.8 Å². The van der Waals surface area contributed by atoms with Crippen LogP contribution in [0.25, 0.3) is 0 Å². The van der Waals surface area contributed by atoms with Gasteiger partial charge in [0.05, 0.1) is 6.54 Å². The highest BCUT2D eigenvalue weighted by Gasteiger charge is 2.19. The summed E-state index contributed by atoms with van der Waals surface area (Å²) in [6.45, 7) is 2.43. The molecule has 1 amide bonds. The standard InChI is InChI=1S/C18H19ClFNO3/c1-2-16(24-17-6-4-3-5-15(17)20)18(22)21-11-12-23-14-9-7-13(19)8-10-14/h3-10,16H,2,11-12H2,1H3,(H,21,22)/t16-/m0/s1. The first-order valence-corrected chi connectivity index (χ1v) is 8.05. The summed E-state index contributed by atoms with van der Waals surface area (Å²) in [6.07, 6.45) is -0.324. The highest BCUT2D eigenvalue weighted by atomic mass is 35.5. The van der Waals surface area contributed by atoms with Gasteiger partial charge in [-0.25, -0.2) is 4.39 Å². The summed E-state index contributed by atoms with van der Waals surface area (Å²) in [5, 5.41) is 3.35. The molecule has 0 aromatic heterocycles. The Morgan fingerprint density at radius 3 is 2.58 bits per heavy atom. The zero-order chi connectivity index (χ0) is 17.4. The lowest BCUT2D eigenvalue weighted by molar-refractivity contribution is -0.128. The van der Waals surface area contributed by atoms with Crippen molar-refractivity contribution in [2.75, 3.05) is 13.2 Å². The summed E-state index contributed by atoms with van der Waals surface area (Å²) in [6, 6.07) is 13.0. The van der Waals surface area contributed by atoms with Crippen molar-refractivity contribution in [3.8, 4) is 11.5 Å². The molecule has 0 spiro atoms. The molecule has 2 rings (SSSR count). The number of benzene rings is 2. The van der Waals surface area contributed by atoms with Crippen molar-refractivity contribution in [1.82, 2.24) is 5.32 Å². The molecular weight excluding hydrogens is 333 g/mol. The number of hydrogen-bond acceptors (Lipinski definition) is 3. The number of halogens is 2. The van der Waals surface area contributed by atoms with Crippen LogP contribution in [0.5, 0.6) is 11.5 Å². The first kappa shape index (κ1) is 18.1. The highest BCUT2D eigenvalue weighted by molar-refractivity contribution is 6.30. The quantitative estimate of drug-likeness (QED) is 0.735. The SMILES string of the molecule is CC[C@H](Oc1ccccc1F)C(=O)NCCOc1ccc(Cl)cc1. The Morgan fingerprint density at radius 2 is 1.92 bits per heavy atom. The number of nitrogens with one attached hydrogen (secondary N) is 1. The number of para-hydroxylation sites is 1. The Bertz CT molecular complexity index is 664. The van der Waals surface area contributed by atoms with Gasteiger partial charge in [0.15, 0.2) is 17.7 Å². The number of amides is 1. The maximum absolute atomic E-state index is 13.6. The summed E-state index contributed by atoms with van der Waals surface area (Å²) in [4.78, 5) is 12.1. The monoisotopic (exact) mass is 351 g/mol. The zero-order valence-electron chi connectivity index (χ0n) is 13.3. The van der Waals surface area contributed by atoms with Crippen LogP contribution in [0.1, 0.15) is 13.3 Å². The van der Waals surface area contributed by atoms with Gasteiger partial charge in [-0.15, -0.1) is 0 Å². The molecule has 1 N–H and O–H groups in total. The van der Waals surface area contributed by atoms with Crippen LogP contribution < -0.4 is 14.8 Å². The summed E-state index contributed by atoms with van der Waals surface area (Å²) in [5.41, 5.74) is 0. The van der Waals surface area contributed by atoms with Gasteiger partial charge in [0, 0.05) is 5.02 Å². The molecule has 0 unspecified atom stereocenters. The Kier molecular flexibility index (Phi) is 6.88. The fraction of sp³-hybridized carbons (Fsp3) is 0.278. The lowest BCUT2D eigenvalue weighted by Crippen LogP contribution is -2.39. The molecular formula is C18H19ClFNO3. The number of carbonyl (C=O) groups is 1. The van der Waals surface area contributed by atoms with Crippen molar-refractivity contribution in [3.05, 3.63) is 59.4 Å². The van der Waals surface area contributed by atoms with Gasteiger partial charge in [0.2, 0.25) is 0 Å². The van der Waals surface area contributed by atoms with Gasteiger partial charge in [0.25, 0.3) is 5.91 Å². The number of hydrogen-bond donors (Lipinski definition) is 1. The van der Waals surface area contributed by atoms with Gasteiger partial charge in [0.1, 0.15) is 12.4 Å². The largest absolute Gasteiger partial charge is 0.492 e. The molecule has 0 bridgehead atoms. The van der Waals surface area contributed by atoms with Gasteiger partial charge in [-0.3, -0.25) is 4.79 Å². The van der Waals surface area contributed by atoms with E-state index in [1.54, 1.807) is 43.3 Å². The molecule has 128 valence electrons. The Hall–Kier alpha value is -2.27. The van der Waals surface area contributed by atoms with E-state index < -0.39 is 11.9 Å². The molecule has 0 fully saturated rings. The Balaban J connectivity index is 1.77. The first-order valence-electron chi connectivity index (χ1n) is 7.67. The fourth-order valence-electron chi connectivity index (χ4n) is 2.00. The number of carbonyl (C=O) groups excluding carboxylic acids is 1. The summed E-state index contributed by atoms with van der Waals surface area (Å²) >= 11 is 5.79. The smallest absolute Gasteiger partial charge is 0.261 e. The normalized spacial score (nSPS) is 11.6. The topological polar surface area (TPSA) is 47.6 Å². The molecule has 6 heteroatoms. The third kappa shape index (κ3) is 5.42. The van der Waals surface area contributed by atoms with Gasteiger partial charge >= 0.3 is 0 Å². The predicted molar refractivity (Wildman–Crippen MR) is 91.1 cm³/mol. The summed E-state index contributed by atoms with van der Waals surface area (Å²) < 4.78 is 24.5. The van der Waals surface area contributed by atoms with E-state index in [2.05, 4.69) is 5.32 Å². The third-order valence-corrected chi connectivity index (χ3v) is 3.50. The van der Waals surface area contributed by atoms with Crippen molar-refractivity contribution in [2.24, 2.45) is 0 Å². The van der Waals surface area contributed by atoms with E-state index in [9.17, 15) is 9.18 Å². The van der Waals surface area contributed by atoms with E-state index in [4.69, 9.17) is 21.1 Å². The van der Waals surface area contributed by atoms with Crippen LogP contribution >= 0.6 is 11.6 Å². The van der Waals surface area contributed by atoms with E-state index in [1.807, 2.05) is 0 Å². The minimum Gasteiger partial charge on any atom is -0.492 e. The van der Waals surface area contributed by atoms with Crippen LogP contribution in [-0.2, 0) is 4.79 Å². The maximum Gasteiger partial charge on any atom is 0.261 e. The minimum atomic E-state index is -0.752. The van der Waals surface area contributed by atoms with E-state index in [1.165, 1.54) is 12.1 Å². The highest BCUT2D eigenvalue weighted by Crippen LogP contribution is 2.18. The van der Waals surface area contributed by atoms with Crippen LogP contribution in [0.2, 0.25) is 5.02 Å². The second-order valence-corrected chi connectivity index (χ2v) is 5.48. The van der Waals surface area contributed by atoms with Crippen LogP contribution in [0.4, 0.5) is 4.39 Å². The predicted octanol–water partition coefficient (Wildman–Crippen LogP) is 3.83. The molecule has 0 saturated carbocycles. The molecule has 0 aliphatic rings. The van der Waals surface area contributed by atoms with E-state index in [-0.39, 0.29) is 11.7 Å². The third-order valence-electron chi connectivity index (χ3n) is 3.25. The molecule has 0 radical (unpaired) electrons. The van der Waals surface area contributed by atoms with Crippen molar-refractivity contribution < 1.29 is 18.7 Å². The van der Waals surface area contributed by atoms with E-state index in [0.29, 0.717) is 30.3 Å². The average Bonchev–Trinajstić information content (AvgIpc) is 2.59. The fourth-order valence-corrected chi connectivity index (χ4v) is 2.13. The number of rotatable bonds is 8. The molecule has 4 nitrogen and oxygen atoms in total. The van der Waals surface area contributed by atoms with Crippen molar-refractivity contribution in [3.63, 3.8) is 0 Å². The van der Waals surface area contributed by atoms with Crippen LogP contribution in [0, 0.1) is 5.82 Å². The van der Waals surface area contributed by atoms with E-state index in [0.717, 1.165) is 0 Å². The van der Waals surface area contributed by atoms with Gasteiger partial charge in [-0.2, -0.15) is 0 Å². The maximum atomic E-state index is 13.6.